The minimum absolute atomic E-state index is 0.194. The van der Waals surface area contributed by atoms with E-state index in [-0.39, 0.29) is 18.2 Å². The molecule has 29 heavy (non-hydrogen) atoms. The van der Waals surface area contributed by atoms with E-state index in [2.05, 4.69) is 5.32 Å². The van der Waals surface area contributed by atoms with Crippen LogP contribution < -0.4 is 5.32 Å². The van der Waals surface area contributed by atoms with Crippen molar-refractivity contribution in [3.8, 4) is 0 Å². The Hall–Kier alpha value is -3.13. The normalized spacial score (nSPS) is 16.4. The molecule has 7 nitrogen and oxygen atoms in total. The first-order valence-electron chi connectivity index (χ1n) is 9.13. The number of carbonyl (C=O) groups is 3. The number of hydrogen-bond donors (Lipinski definition) is 1. The number of esters is 2. The number of allylic oxidation sites excluding steroid dienone is 1. The molecule has 0 radical (unpaired) electrons. The van der Waals surface area contributed by atoms with Gasteiger partial charge in [-0.05, 0) is 36.9 Å². The molecule has 1 atom stereocenters. The largest absolute Gasteiger partial charge is 0.465 e. The fourth-order valence-corrected chi connectivity index (χ4v) is 3.97. The van der Waals surface area contributed by atoms with Crippen molar-refractivity contribution in [2.45, 2.75) is 26.4 Å². The van der Waals surface area contributed by atoms with Crippen LogP contribution in [0.4, 0.5) is 4.79 Å². The van der Waals surface area contributed by atoms with Crippen LogP contribution in [0, 0.1) is 0 Å². The molecule has 152 valence electrons. The second-order valence-corrected chi connectivity index (χ2v) is 7.38. The number of amides is 2. The molecule has 0 unspecified atom stereocenters. The summed E-state index contributed by atoms with van der Waals surface area (Å²) in [6, 6.07) is 9.39. The molecule has 1 aliphatic heterocycles. The Morgan fingerprint density at radius 3 is 2.59 bits per heavy atom. The van der Waals surface area contributed by atoms with Gasteiger partial charge in [0.2, 0.25) is 0 Å². The van der Waals surface area contributed by atoms with E-state index < -0.39 is 18.0 Å². The van der Waals surface area contributed by atoms with Crippen LogP contribution in [0.3, 0.4) is 0 Å². The van der Waals surface area contributed by atoms with Gasteiger partial charge in [0.1, 0.15) is 0 Å². The highest BCUT2D eigenvalue weighted by molar-refractivity contribution is 7.09. The van der Waals surface area contributed by atoms with Gasteiger partial charge in [0.15, 0.2) is 0 Å². The molecule has 2 amide bonds. The Kier molecular flexibility index (Phi) is 6.33. The van der Waals surface area contributed by atoms with Crippen molar-refractivity contribution < 1.29 is 23.9 Å². The van der Waals surface area contributed by atoms with Crippen LogP contribution in [0.25, 0.3) is 0 Å². The molecule has 2 aromatic rings. The summed E-state index contributed by atoms with van der Waals surface area (Å²) in [5.74, 6) is -1.08. The van der Waals surface area contributed by atoms with Crippen LogP contribution in [0.1, 0.15) is 40.7 Å². The summed E-state index contributed by atoms with van der Waals surface area (Å²) in [7, 11) is 1.29. The third-order valence-electron chi connectivity index (χ3n) is 4.66. The minimum atomic E-state index is -0.823. The number of rotatable bonds is 6. The van der Waals surface area contributed by atoms with Crippen LogP contribution in [-0.4, -0.2) is 36.6 Å². The predicted molar refractivity (Wildman–Crippen MR) is 108 cm³/mol. The smallest absolute Gasteiger partial charge is 0.338 e. The average Bonchev–Trinajstić information content (AvgIpc) is 3.23. The van der Waals surface area contributed by atoms with Crippen molar-refractivity contribution in [1.29, 1.82) is 0 Å². The number of ether oxygens (including phenoxy) is 2. The third-order valence-corrected chi connectivity index (χ3v) is 5.52. The van der Waals surface area contributed by atoms with Crippen LogP contribution in [0.15, 0.2) is 53.0 Å². The number of urea groups is 1. The lowest BCUT2D eigenvalue weighted by molar-refractivity contribution is -0.139. The van der Waals surface area contributed by atoms with Crippen molar-refractivity contribution in [2.75, 3.05) is 13.7 Å². The molecule has 0 aliphatic carbocycles. The fourth-order valence-electron chi connectivity index (χ4n) is 3.28. The summed E-state index contributed by atoms with van der Waals surface area (Å²) in [4.78, 5) is 40.5. The van der Waals surface area contributed by atoms with Crippen LogP contribution in [0.5, 0.6) is 0 Å². The van der Waals surface area contributed by atoms with Crippen molar-refractivity contribution in [1.82, 2.24) is 10.2 Å². The van der Waals surface area contributed by atoms with Gasteiger partial charge >= 0.3 is 18.0 Å². The Morgan fingerprint density at radius 1 is 1.17 bits per heavy atom. The zero-order chi connectivity index (χ0) is 21.0. The molecule has 0 saturated heterocycles. The Morgan fingerprint density at radius 2 is 1.93 bits per heavy atom. The molecular weight excluding hydrogens is 392 g/mol. The summed E-state index contributed by atoms with van der Waals surface area (Å²) < 4.78 is 10.1. The molecule has 1 aromatic carbocycles. The van der Waals surface area contributed by atoms with E-state index in [9.17, 15) is 14.4 Å². The SMILES string of the molecule is CCOC(=O)C1=C(C)N(Cc2cccs2)C(=O)N[C@H]1c1ccccc1C(=O)OC. The lowest BCUT2D eigenvalue weighted by atomic mass is 9.91. The molecule has 1 aromatic heterocycles. The summed E-state index contributed by atoms with van der Waals surface area (Å²) in [5, 5.41) is 4.79. The first kappa shape index (κ1) is 20.6. The second-order valence-electron chi connectivity index (χ2n) is 6.35. The zero-order valence-electron chi connectivity index (χ0n) is 16.4. The number of thiophene rings is 1. The molecule has 0 bridgehead atoms. The number of nitrogens with one attached hydrogen (secondary N) is 1. The number of nitrogens with zero attached hydrogens (tertiary/aromatic N) is 1. The Labute approximate surface area is 172 Å². The summed E-state index contributed by atoms with van der Waals surface area (Å²) in [6.07, 6.45) is 0. The van der Waals surface area contributed by atoms with Gasteiger partial charge in [-0.2, -0.15) is 0 Å². The summed E-state index contributed by atoms with van der Waals surface area (Å²) in [5.41, 5.74) is 1.54. The average molecular weight is 414 g/mol. The lowest BCUT2D eigenvalue weighted by Gasteiger charge is -2.35. The van der Waals surface area contributed by atoms with Gasteiger partial charge in [-0.15, -0.1) is 11.3 Å². The van der Waals surface area contributed by atoms with Gasteiger partial charge < -0.3 is 14.8 Å². The van der Waals surface area contributed by atoms with Gasteiger partial charge in [0.05, 0.1) is 37.4 Å². The molecule has 0 spiro atoms. The molecule has 1 aliphatic rings. The highest BCUT2D eigenvalue weighted by atomic mass is 32.1. The van der Waals surface area contributed by atoms with Gasteiger partial charge in [0.25, 0.3) is 0 Å². The van der Waals surface area contributed by atoms with E-state index in [0.29, 0.717) is 23.4 Å². The van der Waals surface area contributed by atoms with Crippen LogP contribution >= 0.6 is 11.3 Å². The van der Waals surface area contributed by atoms with Crippen LogP contribution in [-0.2, 0) is 20.8 Å². The highest BCUT2D eigenvalue weighted by Gasteiger charge is 2.38. The van der Waals surface area contributed by atoms with E-state index in [0.717, 1.165) is 4.88 Å². The van der Waals surface area contributed by atoms with E-state index >= 15 is 0 Å². The van der Waals surface area contributed by atoms with Gasteiger partial charge in [0, 0.05) is 10.6 Å². The van der Waals surface area contributed by atoms with Crippen molar-refractivity contribution >= 4 is 29.3 Å². The number of methoxy groups -OCH3 is 1. The van der Waals surface area contributed by atoms with E-state index in [1.807, 2.05) is 17.5 Å². The summed E-state index contributed by atoms with van der Waals surface area (Å²) >= 11 is 1.53. The molecule has 0 fully saturated rings. The monoisotopic (exact) mass is 414 g/mol. The van der Waals surface area contributed by atoms with E-state index in [1.54, 1.807) is 38.1 Å². The highest BCUT2D eigenvalue weighted by Crippen LogP contribution is 2.34. The maximum Gasteiger partial charge on any atom is 0.338 e. The van der Waals surface area contributed by atoms with Gasteiger partial charge in [-0.1, -0.05) is 24.3 Å². The molecule has 3 rings (SSSR count). The number of carbonyl (C=O) groups excluding carboxylic acids is 3. The topological polar surface area (TPSA) is 84.9 Å². The van der Waals surface area contributed by atoms with Gasteiger partial charge in [-0.25, -0.2) is 14.4 Å². The number of hydrogen-bond acceptors (Lipinski definition) is 6. The molecule has 1 N–H and O–H groups in total. The van der Waals surface area contributed by atoms with E-state index in [1.165, 1.54) is 23.3 Å². The maximum atomic E-state index is 12.9. The summed E-state index contributed by atoms with van der Waals surface area (Å²) in [6.45, 7) is 3.96. The number of benzene rings is 1. The molecule has 0 saturated carbocycles. The van der Waals surface area contributed by atoms with Crippen molar-refractivity contribution in [3.63, 3.8) is 0 Å². The quantitative estimate of drug-likeness (QED) is 0.730. The predicted octanol–water partition coefficient (Wildman–Crippen LogP) is 3.64. The Bertz CT molecular complexity index is 952. The molecule has 8 heteroatoms. The van der Waals surface area contributed by atoms with Gasteiger partial charge in [-0.3, -0.25) is 4.90 Å². The molecular formula is C21H22N2O5S. The fraction of sp³-hybridized carbons (Fsp3) is 0.286. The van der Waals surface area contributed by atoms with Crippen molar-refractivity contribution in [3.05, 3.63) is 69.1 Å². The maximum absolute atomic E-state index is 12.9. The zero-order valence-corrected chi connectivity index (χ0v) is 17.2. The minimum Gasteiger partial charge on any atom is -0.465 e. The standard InChI is InChI=1S/C21H22N2O5S/c1-4-28-20(25)17-13(2)23(12-14-8-7-11-29-14)21(26)22-18(17)15-9-5-6-10-16(15)19(24)27-3/h5-11,18H,4,12H2,1-3H3,(H,22,26)/t18-/m0/s1. The third kappa shape index (κ3) is 4.17. The van der Waals surface area contributed by atoms with Crippen LogP contribution in [0.2, 0.25) is 0 Å². The molecule has 2 heterocycles. The lowest BCUT2D eigenvalue weighted by Crippen LogP contribution is -2.47. The van der Waals surface area contributed by atoms with E-state index in [4.69, 9.17) is 9.47 Å². The Balaban J connectivity index is 2.10. The second kappa shape index (κ2) is 8.91. The first-order valence-corrected chi connectivity index (χ1v) is 10.0. The first-order chi connectivity index (χ1) is 14.0. The van der Waals surface area contributed by atoms with Crippen molar-refractivity contribution in [2.24, 2.45) is 0 Å².